The van der Waals surface area contributed by atoms with E-state index in [4.69, 9.17) is 4.42 Å². The van der Waals surface area contributed by atoms with Crippen molar-refractivity contribution in [3.8, 4) is 10.8 Å². The van der Waals surface area contributed by atoms with Gasteiger partial charge >= 0.3 is 0 Å². The minimum atomic E-state index is -0.261. The summed E-state index contributed by atoms with van der Waals surface area (Å²) in [7, 11) is 0. The van der Waals surface area contributed by atoms with Crippen LogP contribution in [0.2, 0.25) is 0 Å². The molecule has 0 radical (unpaired) electrons. The van der Waals surface area contributed by atoms with Crippen LogP contribution in [0.1, 0.15) is 5.56 Å². The molecule has 7 heteroatoms. The number of hydrogen-bond donors (Lipinski definition) is 0. The third kappa shape index (κ3) is 3.11. The van der Waals surface area contributed by atoms with Crippen LogP contribution in [0.5, 0.6) is 0 Å². The van der Waals surface area contributed by atoms with Crippen LogP contribution in [0, 0.1) is 5.82 Å². The van der Waals surface area contributed by atoms with Crippen molar-refractivity contribution < 1.29 is 8.81 Å². The molecule has 3 aromatic rings. The first-order valence-electron chi connectivity index (χ1n) is 5.66. The fourth-order valence-corrected chi connectivity index (χ4v) is 3.63. The summed E-state index contributed by atoms with van der Waals surface area (Å²) in [6.07, 6.45) is 0. The van der Waals surface area contributed by atoms with Gasteiger partial charge in [-0.1, -0.05) is 39.8 Å². The van der Waals surface area contributed by atoms with Gasteiger partial charge in [0.05, 0.1) is 4.88 Å². The number of rotatable bonds is 4. The molecule has 1 aromatic carbocycles. The van der Waals surface area contributed by atoms with Crippen LogP contribution in [0.15, 0.2) is 49.8 Å². The number of thiophene rings is 1. The molecule has 3 rings (SSSR count). The van der Waals surface area contributed by atoms with Gasteiger partial charge in [0, 0.05) is 10.2 Å². The van der Waals surface area contributed by atoms with Gasteiger partial charge in [-0.25, -0.2) is 4.39 Å². The maximum Gasteiger partial charge on any atom is 0.277 e. The molecule has 3 nitrogen and oxygen atoms in total. The van der Waals surface area contributed by atoms with Crippen molar-refractivity contribution in [3.63, 3.8) is 0 Å². The Hall–Kier alpha value is -1.18. The highest BCUT2D eigenvalue weighted by Crippen LogP contribution is 2.30. The van der Waals surface area contributed by atoms with Crippen molar-refractivity contribution in [2.75, 3.05) is 0 Å². The third-order valence-electron chi connectivity index (χ3n) is 2.50. The normalized spacial score (nSPS) is 10.9. The highest BCUT2D eigenvalue weighted by molar-refractivity contribution is 9.10. The van der Waals surface area contributed by atoms with Crippen LogP contribution in [-0.4, -0.2) is 10.2 Å². The summed E-state index contributed by atoms with van der Waals surface area (Å²) in [6, 6.07) is 8.49. The highest BCUT2D eigenvalue weighted by atomic mass is 79.9. The van der Waals surface area contributed by atoms with Crippen molar-refractivity contribution in [2.24, 2.45) is 0 Å². The lowest BCUT2D eigenvalue weighted by Gasteiger charge is -2.01. The Morgan fingerprint density at radius 1 is 1.30 bits per heavy atom. The summed E-state index contributed by atoms with van der Waals surface area (Å²) in [5.41, 5.74) is 0.979. The van der Waals surface area contributed by atoms with Crippen LogP contribution in [0.3, 0.4) is 0 Å². The van der Waals surface area contributed by atoms with E-state index in [9.17, 15) is 4.39 Å². The molecule has 0 aliphatic heterocycles. The van der Waals surface area contributed by atoms with E-state index in [0.29, 0.717) is 16.9 Å². The molecule has 0 saturated heterocycles. The van der Waals surface area contributed by atoms with Gasteiger partial charge in [0.2, 0.25) is 0 Å². The lowest BCUT2D eigenvalue weighted by Crippen LogP contribution is -1.85. The third-order valence-corrected chi connectivity index (χ3v) is 4.97. The van der Waals surface area contributed by atoms with Crippen molar-refractivity contribution in [1.29, 1.82) is 0 Å². The Bertz CT molecular complexity index is 715. The van der Waals surface area contributed by atoms with E-state index in [2.05, 4.69) is 26.1 Å². The van der Waals surface area contributed by atoms with Crippen LogP contribution < -0.4 is 0 Å². The van der Waals surface area contributed by atoms with E-state index < -0.39 is 0 Å². The van der Waals surface area contributed by atoms with Crippen molar-refractivity contribution in [3.05, 3.63) is 51.6 Å². The summed E-state index contributed by atoms with van der Waals surface area (Å²) in [4.78, 5) is 0.951. The first-order valence-corrected chi connectivity index (χ1v) is 8.32. The zero-order valence-corrected chi connectivity index (χ0v) is 13.3. The van der Waals surface area contributed by atoms with Gasteiger partial charge in [-0.2, -0.15) is 0 Å². The fourth-order valence-electron chi connectivity index (χ4n) is 1.55. The van der Waals surface area contributed by atoms with Crippen molar-refractivity contribution >= 4 is 39.0 Å². The smallest absolute Gasteiger partial charge is 0.277 e. The average molecular weight is 371 g/mol. The summed E-state index contributed by atoms with van der Waals surface area (Å²) < 4.78 is 19.3. The van der Waals surface area contributed by atoms with E-state index in [1.807, 2.05) is 17.5 Å². The van der Waals surface area contributed by atoms with Gasteiger partial charge in [0.25, 0.3) is 11.1 Å². The quantitative estimate of drug-likeness (QED) is 0.606. The molecule has 0 atom stereocenters. The first-order chi connectivity index (χ1) is 9.72. The molecule has 0 aliphatic carbocycles. The van der Waals surface area contributed by atoms with E-state index in [0.717, 1.165) is 14.9 Å². The lowest BCUT2D eigenvalue weighted by atomic mass is 10.2. The monoisotopic (exact) mass is 370 g/mol. The van der Waals surface area contributed by atoms with Gasteiger partial charge in [0.1, 0.15) is 5.82 Å². The molecule has 102 valence electrons. The molecule has 0 spiro atoms. The molecular weight excluding hydrogens is 363 g/mol. The van der Waals surface area contributed by atoms with Gasteiger partial charge < -0.3 is 4.42 Å². The van der Waals surface area contributed by atoms with Gasteiger partial charge in [-0.05, 0) is 29.1 Å². The zero-order chi connectivity index (χ0) is 13.9. The summed E-state index contributed by atoms with van der Waals surface area (Å²) >= 11 is 6.32. The van der Waals surface area contributed by atoms with Crippen molar-refractivity contribution in [2.45, 2.75) is 11.0 Å². The van der Waals surface area contributed by atoms with E-state index in [1.54, 1.807) is 17.4 Å². The van der Waals surface area contributed by atoms with Gasteiger partial charge in [0.15, 0.2) is 0 Å². The SMILES string of the molecule is Fc1ccc(CSc2nnc(-c3cccs3)o2)c(Br)c1. The largest absolute Gasteiger partial charge is 0.410 e. The second-order valence-corrected chi connectivity index (χ2v) is 6.60. The molecule has 0 amide bonds. The standard InChI is InChI=1S/C13H8BrFN2OS2/c14-10-6-9(15)4-3-8(10)7-20-13-17-16-12(18-13)11-2-1-5-19-11/h1-6H,7H2. The molecule has 0 aliphatic rings. The van der Waals surface area contributed by atoms with E-state index >= 15 is 0 Å². The van der Waals surface area contributed by atoms with Crippen LogP contribution >= 0.6 is 39.0 Å². The number of hydrogen-bond acceptors (Lipinski definition) is 5. The second-order valence-electron chi connectivity index (χ2n) is 3.87. The first kappa shape index (κ1) is 13.8. The van der Waals surface area contributed by atoms with Crippen LogP contribution in [0.25, 0.3) is 10.8 Å². The Morgan fingerprint density at radius 3 is 2.95 bits per heavy atom. The molecule has 0 saturated carbocycles. The van der Waals surface area contributed by atoms with E-state index in [-0.39, 0.29) is 5.82 Å². The maximum absolute atomic E-state index is 13.0. The average Bonchev–Trinajstić information content (AvgIpc) is 3.08. The lowest BCUT2D eigenvalue weighted by molar-refractivity contribution is 0.466. The molecule has 0 fully saturated rings. The Balaban J connectivity index is 1.70. The minimum absolute atomic E-state index is 0.261. The zero-order valence-electron chi connectivity index (χ0n) is 10.0. The van der Waals surface area contributed by atoms with Crippen molar-refractivity contribution in [1.82, 2.24) is 10.2 Å². The minimum Gasteiger partial charge on any atom is -0.410 e. The number of nitrogens with zero attached hydrogens (tertiary/aromatic N) is 2. The number of benzene rings is 1. The molecule has 0 N–H and O–H groups in total. The topological polar surface area (TPSA) is 38.9 Å². The summed E-state index contributed by atoms with van der Waals surface area (Å²) in [5, 5.41) is 10.5. The molecule has 0 bridgehead atoms. The Morgan fingerprint density at radius 2 is 2.20 bits per heavy atom. The second kappa shape index (κ2) is 6.07. The molecular formula is C13H8BrFN2OS2. The Labute approximate surface area is 131 Å². The number of aromatic nitrogens is 2. The Kier molecular flexibility index (Phi) is 4.18. The molecule has 2 heterocycles. The molecule has 0 unspecified atom stereocenters. The van der Waals surface area contributed by atoms with Gasteiger partial charge in [-0.15, -0.1) is 21.5 Å². The summed E-state index contributed by atoms with van der Waals surface area (Å²) in [6.45, 7) is 0. The predicted octanol–water partition coefficient (Wildman–Crippen LogP) is 4.99. The van der Waals surface area contributed by atoms with Gasteiger partial charge in [-0.3, -0.25) is 0 Å². The number of thioether (sulfide) groups is 1. The maximum atomic E-state index is 13.0. The summed E-state index contributed by atoms with van der Waals surface area (Å²) in [5.74, 6) is 0.900. The van der Waals surface area contributed by atoms with Crippen LogP contribution in [0.4, 0.5) is 4.39 Å². The highest BCUT2D eigenvalue weighted by Gasteiger charge is 2.10. The molecule has 2 aromatic heterocycles. The van der Waals surface area contributed by atoms with Crippen LogP contribution in [-0.2, 0) is 5.75 Å². The fraction of sp³-hybridized carbons (Fsp3) is 0.0769. The predicted molar refractivity (Wildman–Crippen MR) is 81.3 cm³/mol. The number of halogens is 2. The van der Waals surface area contributed by atoms with E-state index in [1.165, 1.54) is 23.9 Å². The molecule has 20 heavy (non-hydrogen) atoms.